The number of nitrogens with one attached hydrogen (secondary N) is 1. The molecule has 1 aromatic rings. The third-order valence-corrected chi connectivity index (χ3v) is 3.78. The van der Waals surface area contributed by atoms with Crippen LogP contribution in [0.4, 0.5) is 5.82 Å². The van der Waals surface area contributed by atoms with Gasteiger partial charge in [-0.1, -0.05) is 32.5 Å². The molecule has 20 heavy (non-hydrogen) atoms. The summed E-state index contributed by atoms with van der Waals surface area (Å²) < 4.78 is 4.71. The van der Waals surface area contributed by atoms with Crippen LogP contribution in [-0.4, -0.2) is 34.4 Å². The van der Waals surface area contributed by atoms with Crippen LogP contribution in [-0.2, 0) is 14.3 Å². The summed E-state index contributed by atoms with van der Waals surface area (Å²) >= 11 is 1.29. The zero-order chi connectivity index (χ0) is 15.1. The van der Waals surface area contributed by atoms with Crippen LogP contribution in [0.2, 0.25) is 0 Å². The Morgan fingerprint density at radius 3 is 2.50 bits per heavy atom. The molecule has 0 radical (unpaired) electrons. The molecule has 0 saturated heterocycles. The van der Waals surface area contributed by atoms with E-state index in [9.17, 15) is 9.59 Å². The van der Waals surface area contributed by atoms with Crippen molar-refractivity contribution in [2.45, 2.75) is 37.5 Å². The van der Waals surface area contributed by atoms with Crippen LogP contribution in [0.25, 0.3) is 0 Å². The predicted octanol–water partition coefficient (Wildman–Crippen LogP) is 2.11. The zero-order valence-corrected chi connectivity index (χ0v) is 12.9. The number of ether oxygens (including phenoxy) is 1. The van der Waals surface area contributed by atoms with Gasteiger partial charge in [0, 0.05) is 5.92 Å². The minimum absolute atomic E-state index is 0.110. The van der Waals surface area contributed by atoms with E-state index in [2.05, 4.69) is 15.5 Å². The van der Waals surface area contributed by atoms with E-state index in [1.165, 1.54) is 18.9 Å². The van der Waals surface area contributed by atoms with Crippen LogP contribution in [0, 0.1) is 5.92 Å². The molecule has 0 saturated carbocycles. The molecule has 1 N–H and O–H groups in total. The van der Waals surface area contributed by atoms with E-state index >= 15 is 0 Å². The lowest BCUT2D eigenvalue weighted by Gasteiger charge is -2.11. The summed E-state index contributed by atoms with van der Waals surface area (Å²) in [6, 6.07) is 3.39. The van der Waals surface area contributed by atoms with Gasteiger partial charge in [0.05, 0.1) is 7.11 Å². The average molecular weight is 297 g/mol. The fourth-order valence-electron chi connectivity index (χ4n) is 1.30. The average Bonchev–Trinajstić information content (AvgIpc) is 2.45. The molecule has 1 atom stereocenters. The van der Waals surface area contributed by atoms with Gasteiger partial charge in [0.2, 0.25) is 5.91 Å². The summed E-state index contributed by atoms with van der Waals surface area (Å²) in [6.45, 7) is 5.50. The first-order valence-electron chi connectivity index (χ1n) is 6.37. The molecule has 0 aliphatic carbocycles. The lowest BCUT2D eigenvalue weighted by molar-refractivity contribution is -0.140. The van der Waals surface area contributed by atoms with E-state index < -0.39 is 0 Å². The molecular weight excluding hydrogens is 278 g/mol. The first kappa shape index (κ1) is 16.4. The summed E-state index contributed by atoms with van der Waals surface area (Å²) in [5.41, 5.74) is 0. The highest BCUT2D eigenvalue weighted by molar-refractivity contribution is 8.00. The van der Waals surface area contributed by atoms with Gasteiger partial charge in [-0.3, -0.25) is 9.59 Å². The second-order valence-corrected chi connectivity index (χ2v) is 5.66. The lowest BCUT2D eigenvalue weighted by Crippen LogP contribution is -2.19. The number of methoxy groups -OCH3 is 1. The van der Waals surface area contributed by atoms with Gasteiger partial charge in [-0.25, -0.2) is 0 Å². The number of nitrogens with zero attached hydrogens (tertiary/aromatic N) is 2. The van der Waals surface area contributed by atoms with E-state index in [0.717, 1.165) is 0 Å². The fourth-order valence-corrected chi connectivity index (χ4v) is 2.18. The third-order valence-electron chi connectivity index (χ3n) is 2.51. The first-order valence-corrected chi connectivity index (χ1v) is 7.25. The van der Waals surface area contributed by atoms with Crippen molar-refractivity contribution in [3.05, 3.63) is 12.1 Å². The van der Waals surface area contributed by atoms with Gasteiger partial charge in [0.15, 0.2) is 5.82 Å². The number of hydrogen-bond acceptors (Lipinski definition) is 6. The molecule has 110 valence electrons. The SMILES string of the molecule is CCC(Sc1ccc(NC(=O)C(C)C)nn1)C(=O)OC. The first-order chi connectivity index (χ1) is 9.47. The molecule has 1 amide bonds. The molecule has 7 heteroatoms. The van der Waals surface area contributed by atoms with Gasteiger partial charge in [-0.2, -0.15) is 0 Å². The third kappa shape index (κ3) is 4.80. The molecule has 0 aromatic carbocycles. The molecule has 0 fully saturated rings. The Morgan fingerprint density at radius 2 is 2.05 bits per heavy atom. The summed E-state index contributed by atoms with van der Waals surface area (Å²) in [4.78, 5) is 23.0. The second-order valence-electron chi connectivity index (χ2n) is 4.44. The van der Waals surface area contributed by atoms with Crippen LogP contribution in [0.3, 0.4) is 0 Å². The molecule has 0 aliphatic heterocycles. The minimum Gasteiger partial charge on any atom is -0.468 e. The number of rotatable bonds is 6. The molecule has 1 unspecified atom stereocenters. The number of aromatic nitrogens is 2. The predicted molar refractivity (Wildman–Crippen MR) is 77.5 cm³/mol. The quantitative estimate of drug-likeness (QED) is 0.640. The molecule has 1 rings (SSSR count). The number of esters is 1. The Kier molecular flexibility index (Phi) is 6.44. The van der Waals surface area contributed by atoms with E-state index in [1.807, 2.05) is 6.92 Å². The molecule has 1 aromatic heterocycles. The van der Waals surface area contributed by atoms with Crippen molar-refractivity contribution in [1.29, 1.82) is 0 Å². The maximum atomic E-state index is 11.5. The normalized spacial score (nSPS) is 12.1. The van der Waals surface area contributed by atoms with Crippen LogP contribution in [0.15, 0.2) is 17.2 Å². The smallest absolute Gasteiger partial charge is 0.319 e. The standard InChI is InChI=1S/C13H19N3O3S/c1-5-9(13(18)19-4)20-11-7-6-10(15-16-11)14-12(17)8(2)3/h6-9H,5H2,1-4H3,(H,14,15,17). The Hall–Kier alpha value is -1.63. The van der Waals surface area contributed by atoms with Crippen molar-refractivity contribution in [3.8, 4) is 0 Å². The van der Waals surface area contributed by atoms with Crippen molar-refractivity contribution in [3.63, 3.8) is 0 Å². The van der Waals surface area contributed by atoms with Gasteiger partial charge in [-0.05, 0) is 18.6 Å². The highest BCUT2D eigenvalue weighted by Gasteiger charge is 2.19. The molecule has 1 heterocycles. The minimum atomic E-state index is -0.301. The molecule has 0 bridgehead atoms. The van der Waals surface area contributed by atoms with Crippen LogP contribution >= 0.6 is 11.8 Å². The van der Waals surface area contributed by atoms with Crippen LogP contribution in [0.1, 0.15) is 27.2 Å². The summed E-state index contributed by atoms with van der Waals surface area (Å²) in [6.07, 6.45) is 0.644. The Bertz CT molecular complexity index is 462. The monoisotopic (exact) mass is 297 g/mol. The van der Waals surface area contributed by atoms with Crippen molar-refractivity contribution < 1.29 is 14.3 Å². The van der Waals surface area contributed by atoms with Crippen LogP contribution < -0.4 is 5.32 Å². The van der Waals surface area contributed by atoms with Crippen molar-refractivity contribution >= 4 is 29.5 Å². The fraction of sp³-hybridized carbons (Fsp3) is 0.538. The summed E-state index contributed by atoms with van der Waals surface area (Å²) in [5, 5.41) is 10.9. The van der Waals surface area contributed by atoms with Crippen molar-refractivity contribution in [2.75, 3.05) is 12.4 Å². The number of hydrogen-bond donors (Lipinski definition) is 1. The summed E-state index contributed by atoms with van der Waals surface area (Å²) in [5.74, 6) is -0.106. The Morgan fingerprint density at radius 1 is 1.35 bits per heavy atom. The maximum Gasteiger partial charge on any atom is 0.319 e. The molecule has 0 spiro atoms. The number of thioether (sulfide) groups is 1. The van der Waals surface area contributed by atoms with Gasteiger partial charge in [-0.15, -0.1) is 10.2 Å². The van der Waals surface area contributed by atoms with E-state index in [-0.39, 0.29) is 23.0 Å². The second kappa shape index (κ2) is 7.84. The molecule has 6 nitrogen and oxygen atoms in total. The Labute approximate surface area is 122 Å². The number of carbonyl (C=O) groups is 2. The van der Waals surface area contributed by atoms with Crippen LogP contribution in [0.5, 0.6) is 0 Å². The lowest BCUT2D eigenvalue weighted by atomic mass is 10.2. The number of amides is 1. The topological polar surface area (TPSA) is 81.2 Å². The van der Waals surface area contributed by atoms with Crippen molar-refractivity contribution in [2.24, 2.45) is 5.92 Å². The van der Waals surface area contributed by atoms with E-state index in [0.29, 0.717) is 17.3 Å². The zero-order valence-electron chi connectivity index (χ0n) is 12.0. The van der Waals surface area contributed by atoms with Crippen molar-refractivity contribution in [1.82, 2.24) is 10.2 Å². The number of carbonyl (C=O) groups excluding carboxylic acids is 2. The molecular formula is C13H19N3O3S. The molecule has 0 aliphatic rings. The van der Waals surface area contributed by atoms with Gasteiger partial charge in [0.25, 0.3) is 0 Å². The largest absolute Gasteiger partial charge is 0.468 e. The highest BCUT2D eigenvalue weighted by Crippen LogP contribution is 2.24. The summed E-state index contributed by atoms with van der Waals surface area (Å²) in [7, 11) is 1.36. The van der Waals surface area contributed by atoms with Gasteiger partial charge in [0.1, 0.15) is 10.3 Å². The van der Waals surface area contributed by atoms with E-state index in [1.54, 1.807) is 26.0 Å². The van der Waals surface area contributed by atoms with Gasteiger partial charge >= 0.3 is 5.97 Å². The van der Waals surface area contributed by atoms with E-state index in [4.69, 9.17) is 4.74 Å². The number of anilines is 1. The maximum absolute atomic E-state index is 11.5. The highest BCUT2D eigenvalue weighted by atomic mass is 32.2. The van der Waals surface area contributed by atoms with Gasteiger partial charge < -0.3 is 10.1 Å². The Balaban J connectivity index is 2.66.